The Morgan fingerprint density at radius 3 is 2.80 bits per heavy atom. The van der Waals surface area contributed by atoms with E-state index >= 15 is 0 Å². The van der Waals surface area contributed by atoms with Crippen LogP contribution >= 0.6 is 11.3 Å². The average molecular weight is 158 g/mol. The van der Waals surface area contributed by atoms with Crippen molar-refractivity contribution in [2.24, 2.45) is 0 Å². The lowest BCUT2D eigenvalue weighted by Crippen LogP contribution is -1.85. The quantitative estimate of drug-likeness (QED) is 0.703. The molecule has 10 heavy (non-hydrogen) atoms. The van der Waals surface area contributed by atoms with Gasteiger partial charge in [0.15, 0.2) is 5.13 Å². The van der Waals surface area contributed by atoms with E-state index in [2.05, 4.69) is 4.98 Å². The molecule has 0 spiro atoms. The van der Waals surface area contributed by atoms with Gasteiger partial charge >= 0.3 is 0 Å². The third-order valence-electron chi connectivity index (χ3n) is 1.18. The first-order valence-electron chi connectivity index (χ1n) is 2.94. The molecule has 1 rings (SSSR count). The van der Waals surface area contributed by atoms with Gasteiger partial charge in [-0.2, -0.15) is 0 Å². The molecule has 56 valence electrons. The molecule has 0 radical (unpaired) electrons. The standard InChI is InChI=1S/C6H10N2OS/c1-4-5(3-9-2)10-6(7)8-4/h3H2,1-2H3,(H2,7,8). The first-order valence-corrected chi connectivity index (χ1v) is 3.76. The number of thiazole rings is 1. The van der Waals surface area contributed by atoms with Crippen LogP contribution in [0.2, 0.25) is 0 Å². The van der Waals surface area contributed by atoms with Gasteiger partial charge in [0.1, 0.15) is 0 Å². The summed E-state index contributed by atoms with van der Waals surface area (Å²) in [4.78, 5) is 5.16. The second kappa shape index (κ2) is 2.98. The van der Waals surface area contributed by atoms with E-state index in [0.29, 0.717) is 11.7 Å². The lowest BCUT2D eigenvalue weighted by molar-refractivity contribution is 0.187. The molecule has 4 heteroatoms. The predicted molar refractivity (Wildman–Crippen MR) is 42.0 cm³/mol. The van der Waals surface area contributed by atoms with Gasteiger partial charge in [-0.25, -0.2) is 4.98 Å². The molecule has 0 unspecified atom stereocenters. The van der Waals surface area contributed by atoms with Gasteiger partial charge in [-0.1, -0.05) is 11.3 Å². The Bertz CT molecular complexity index is 222. The van der Waals surface area contributed by atoms with Crippen molar-refractivity contribution < 1.29 is 4.74 Å². The van der Waals surface area contributed by atoms with Crippen molar-refractivity contribution in [3.63, 3.8) is 0 Å². The van der Waals surface area contributed by atoms with Crippen LogP contribution in [0.1, 0.15) is 10.6 Å². The molecule has 1 heterocycles. The summed E-state index contributed by atoms with van der Waals surface area (Å²) in [6.45, 7) is 2.54. The predicted octanol–water partition coefficient (Wildman–Crippen LogP) is 1.18. The summed E-state index contributed by atoms with van der Waals surface area (Å²) in [5.74, 6) is 0. The maximum atomic E-state index is 5.46. The Morgan fingerprint density at radius 1 is 1.70 bits per heavy atom. The van der Waals surface area contributed by atoms with Crippen LogP contribution in [0.3, 0.4) is 0 Å². The largest absolute Gasteiger partial charge is 0.379 e. The summed E-state index contributed by atoms with van der Waals surface area (Å²) >= 11 is 1.48. The zero-order valence-corrected chi connectivity index (χ0v) is 6.86. The molecular formula is C6H10N2OS. The molecule has 0 aromatic carbocycles. The Hall–Kier alpha value is -0.610. The van der Waals surface area contributed by atoms with Gasteiger partial charge in [0.2, 0.25) is 0 Å². The van der Waals surface area contributed by atoms with Gasteiger partial charge in [0.05, 0.1) is 17.2 Å². The van der Waals surface area contributed by atoms with Crippen LogP contribution in [0.5, 0.6) is 0 Å². The number of hydrogen-bond acceptors (Lipinski definition) is 4. The summed E-state index contributed by atoms with van der Waals surface area (Å²) in [6, 6.07) is 0. The highest BCUT2D eigenvalue weighted by atomic mass is 32.1. The van der Waals surface area contributed by atoms with E-state index in [9.17, 15) is 0 Å². The number of aromatic nitrogens is 1. The van der Waals surface area contributed by atoms with Crippen LogP contribution in [0.15, 0.2) is 0 Å². The molecule has 1 aromatic heterocycles. The van der Waals surface area contributed by atoms with Crippen molar-refractivity contribution in [1.29, 1.82) is 0 Å². The van der Waals surface area contributed by atoms with E-state index in [1.165, 1.54) is 11.3 Å². The number of hydrogen-bond donors (Lipinski definition) is 1. The number of rotatable bonds is 2. The van der Waals surface area contributed by atoms with Crippen molar-refractivity contribution in [2.75, 3.05) is 12.8 Å². The van der Waals surface area contributed by atoms with Gasteiger partial charge in [-0.3, -0.25) is 0 Å². The molecular weight excluding hydrogens is 148 g/mol. The molecule has 2 N–H and O–H groups in total. The minimum absolute atomic E-state index is 0.612. The molecule has 0 atom stereocenters. The molecule has 0 aliphatic rings. The highest BCUT2D eigenvalue weighted by molar-refractivity contribution is 7.15. The fourth-order valence-corrected chi connectivity index (χ4v) is 1.52. The Morgan fingerprint density at radius 2 is 2.40 bits per heavy atom. The molecule has 0 saturated heterocycles. The maximum Gasteiger partial charge on any atom is 0.180 e. The normalized spacial score (nSPS) is 10.2. The Kier molecular flexibility index (Phi) is 2.24. The highest BCUT2D eigenvalue weighted by Gasteiger charge is 2.02. The number of methoxy groups -OCH3 is 1. The van der Waals surface area contributed by atoms with Crippen molar-refractivity contribution in [3.05, 3.63) is 10.6 Å². The monoisotopic (exact) mass is 158 g/mol. The molecule has 0 aliphatic heterocycles. The topological polar surface area (TPSA) is 48.1 Å². The summed E-state index contributed by atoms with van der Waals surface area (Å²) < 4.78 is 4.94. The minimum atomic E-state index is 0.612. The van der Waals surface area contributed by atoms with E-state index in [4.69, 9.17) is 10.5 Å². The fourth-order valence-electron chi connectivity index (χ4n) is 0.716. The molecule has 0 amide bonds. The Balaban J connectivity index is 2.81. The second-order valence-corrected chi connectivity index (χ2v) is 3.11. The number of nitrogen functional groups attached to an aromatic ring is 1. The molecule has 0 bridgehead atoms. The summed E-state index contributed by atoms with van der Waals surface area (Å²) in [7, 11) is 1.66. The first-order chi connectivity index (χ1) is 4.74. The lowest BCUT2D eigenvalue weighted by Gasteiger charge is -1.92. The number of anilines is 1. The fraction of sp³-hybridized carbons (Fsp3) is 0.500. The molecule has 0 aliphatic carbocycles. The Labute approximate surface area is 63.8 Å². The van der Waals surface area contributed by atoms with Crippen molar-refractivity contribution >= 4 is 16.5 Å². The van der Waals surface area contributed by atoms with Gasteiger partial charge in [0, 0.05) is 7.11 Å². The van der Waals surface area contributed by atoms with Crippen LogP contribution in [-0.2, 0) is 11.3 Å². The van der Waals surface area contributed by atoms with Crippen LogP contribution in [-0.4, -0.2) is 12.1 Å². The van der Waals surface area contributed by atoms with E-state index in [1.54, 1.807) is 7.11 Å². The van der Waals surface area contributed by atoms with Gasteiger partial charge in [-0.15, -0.1) is 0 Å². The van der Waals surface area contributed by atoms with E-state index in [-0.39, 0.29) is 0 Å². The maximum absolute atomic E-state index is 5.46. The van der Waals surface area contributed by atoms with Crippen LogP contribution < -0.4 is 5.73 Å². The molecule has 3 nitrogen and oxygen atoms in total. The third-order valence-corrected chi connectivity index (χ3v) is 2.14. The lowest BCUT2D eigenvalue weighted by atomic mass is 10.4. The highest BCUT2D eigenvalue weighted by Crippen LogP contribution is 2.19. The summed E-state index contributed by atoms with van der Waals surface area (Å²) in [5, 5.41) is 0.615. The van der Waals surface area contributed by atoms with E-state index in [1.807, 2.05) is 6.92 Å². The smallest absolute Gasteiger partial charge is 0.180 e. The average Bonchev–Trinajstić information content (AvgIpc) is 2.13. The number of nitrogens with zero attached hydrogens (tertiary/aromatic N) is 1. The van der Waals surface area contributed by atoms with Gasteiger partial charge in [-0.05, 0) is 6.92 Å². The van der Waals surface area contributed by atoms with Crippen molar-refractivity contribution in [2.45, 2.75) is 13.5 Å². The van der Waals surface area contributed by atoms with Crippen molar-refractivity contribution in [3.8, 4) is 0 Å². The molecule has 0 fully saturated rings. The number of ether oxygens (including phenoxy) is 1. The molecule has 0 saturated carbocycles. The minimum Gasteiger partial charge on any atom is -0.379 e. The van der Waals surface area contributed by atoms with Gasteiger partial charge in [0.25, 0.3) is 0 Å². The third kappa shape index (κ3) is 1.46. The summed E-state index contributed by atoms with van der Waals surface area (Å²) in [6.07, 6.45) is 0. The van der Waals surface area contributed by atoms with Gasteiger partial charge < -0.3 is 10.5 Å². The summed E-state index contributed by atoms with van der Waals surface area (Å²) in [5.41, 5.74) is 6.44. The van der Waals surface area contributed by atoms with E-state index < -0.39 is 0 Å². The van der Waals surface area contributed by atoms with E-state index in [0.717, 1.165) is 10.6 Å². The van der Waals surface area contributed by atoms with Crippen LogP contribution in [0.25, 0.3) is 0 Å². The zero-order valence-electron chi connectivity index (χ0n) is 6.05. The van der Waals surface area contributed by atoms with Crippen molar-refractivity contribution in [1.82, 2.24) is 4.98 Å². The first kappa shape index (κ1) is 7.50. The van der Waals surface area contributed by atoms with Crippen LogP contribution in [0.4, 0.5) is 5.13 Å². The zero-order chi connectivity index (χ0) is 7.56. The second-order valence-electron chi connectivity index (χ2n) is 1.99. The molecule has 1 aromatic rings. The SMILES string of the molecule is COCc1sc(N)nc1C. The number of aryl methyl sites for hydroxylation is 1. The van der Waals surface area contributed by atoms with Crippen LogP contribution in [0, 0.1) is 6.92 Å². The number of nitrogens with two attached hydrogens (primary N) is 1.